The minimum atomic E-state index is -0.453. The van der Waals surface area contributed by atoms with Gasteiger partial charge in [0.25, 0.3) is 11.8 Å². The number of thiophene rings is 1. The van der Waals surface area contributed by atoms with Crippen molar-refractivity contribution in [3.63, 3.8) is 0 Å². The van der Waals surface area contributed by atoms with E-state index in [1.54, 1.807) is 31.2 Å². The molecule has 0 spiro atoms. The van der Waals surface area contributed by atoms with Crippen LogP contribution in [0.15, 0.2) is 24.3 Å². The zero-order chi connectivity index (χ0) is 20.9. The average molecular weight is 412 g/mol. The molecule has 5 nitrogen and oxygen atoms in total. The predicted octanol–water partition coefficient (Wildman–Crippen LogP) is 4.88. The first kappa shape index (κ1) is 19.8. The monoisotopic (exact) mass is 411 g/mol. The summed E-state index contributed by atoms with van der Waals surface area (Å²) in [6.45, 7) is 8.69. The Hall–Kier alpha value is -2.47. The van der Waals surface area contributed by atoms with E-state index in [-0.39, 0.29) is 23.8 Å². The molecule has 2 heterocycles. The lowest BCUT2D eigenvalue weighted by molar-refractivity contribution is 0.0526. The van der Waals surface area contributed by atoms with Crippen molar-refractivity contribution in [3.05, 3.63) is 51.4 Å². The Morgan fingerprint density at radius 1 is 1.17 bits per heavy atom. The van der Waals surface area contributed by atoms with Gasteiger partial charge in [-0.1, -0.05) is 32.9 Å². The highest BCUT2D eigenvalue weighted by molar-refractivity contribution is 7.17. The molecule has 2 aromatic rings. The summed E-state index contributed by atoms with van der Waals surface area (Å²) in [5, 5.41) is 0.411. The third kappa shape index (κ3) is 3.19. The van der Waals surface area contributed by atoms with Crippen molar-refractivity contribution >= 4 is 34.1 Å². The summed E-state index contributed by atoms with van der Waals surface area (Å²) in [5.41, 5.74) is 2.26. The fourth-order valence-electron chi connectivity index (χ4n) is 4.26. The quantitative estimate of drug-likeness (QED) is 0.534. The van der Waals surface area contributed by atoms with Crippen molar-refractivity contribution < 1.29 is 19.1 Å². The van der Waals surface area contributed by atoms with Crippen LogP contribution in [0.1, 0.15) is 75.6 Å². The number of rotatable bonds is 3. The lowest BCUT2D eigenvalue weighted by atomic mass is 9.72. The molecule has 1 atom stereocenters. The number of imide groups is 1. The van der Waals surface area contributed by atoms with Gasteiger partial charge in [0.05, 0.1) is 23.3 Å². The van der Waals surface area contributed by atoms with Gasteiger partial charge in [0.1, 0.15) is 5.00 Å². The number of hydrogen-bond acceptors (Lipinski definition) is 5. The van der Waals surface area contributed by atoms with Gasteiger partial charge < -0.3 is 4.74 Å². The van der Waals surface area contributed by atoms with Crippen molar-refractivity contribution in [2.24, 2.45) is 11.3 Å². The lowest BCUT2D eigenvalue weighted by Gasteiger charge is -2.33. The summed E-state index contributed by atoms with van der Waals surface area (Å²) in [6, 6.07) is 6.80. The van der Waals surface area contributed by atoms with Crippen LogP contribution in [0.3, 0.4) is 0 Å². The molecule has 0 saturated carbocycles. The normalized spacial score (nSPS) is 18.6. The molecule has 2 aliphatic rings. The smallest absolute Gasteiger partial charge is 0.341 e. The third-order valence-electron chi connectivity index (χ3n) is 5.95. The van der Waals surface area contributed by atoms with Gasteiger partial charge in [0.15, 0.2) is 0 Å². The van der Waals surface area contributed by atoms with Gasteiger partial charge in [0, 0.05) is 4.88 Å². The Balaban J connectivity index is 1.82. The van der Waals surface area contributed by atoms with E-state index in [2.05, 4.69) is 20.8 Å². The van der Waals surface area contributed by atoms with E-state index in [9.17, 15) is 14.4 Å². The van der Waals surface area contributed by atoms with Crippen LogP contribution < -0.4 is 4.90 Å². The van der Waals surface area contributed by atoms with E-state index >= 15 is 0 Å². The highest BCUT2D eigenvalue weighted by Gasteiger charge is 2.42. The van der Waals surface area contributed by atoms with E-state index in [1.807, 2.05) is 0 Å². The van der Waals surface area contributed by atoms with Crippen LogP contribution in [0.5, 0.6) is 0 Å². The number of hydrogen-bond donors (Lipinski definition) is 0. The van der Waals surface area contributed by atoms with Gasteiger partial charge in [-0.25, -0.2) is 9.69 Å². The minimum Gasteiger partial charge on any atom is -0.462 e. The van der Waals surface area contributed by atoms with Crippen molar-refractivity contribution in [1.29, 1.82) is 0 Å². The summed E-state index contributed by atoms with van der Waals surface area (Å²) in [7, 11) is 0. The molecule has 29 heavy (non-hydrogen) atoms. The Bertz CT molecular complexity index is 979. The van der Waals surface area contributed by atoms with Gasteiger partial charge >= 0.3 is 5.97 Å². The molecule has 1 aromatic heterocycles. The van der Waals surface area contributed by atoms with E-state index < -0.39 is 5.97 Å². The Labute approximate surface area is 174 Å². The summed E-state index contributed by atoms with van der Waals surface area (Å²) in [5.74, 6) is -0.714. The Morgan fingerprint density at radius 2 is 1.79 bits per heavy atom. The summed E-state index contributed by atoms with van der Waals surface area (Å²) in [6.07, 6.45) is 2.57. The van der Waals surface area contributed by atoms with Gasteiger partial charge in [-0.3, -0.25) is 9.59 Å². The maximum Gasteiger partial charge on any atom is 0.341 e. The highest BCUT2D eigenvalue weighted by atomic mass is 32.1. The Kier molecular flexibility index (Phi) is 4.85. The molecule has 0 saturated heterocycles. The predicted molar refractivity (Wildman–Crippen MR) is 113 cm³/mol. The lowest BCUT2D eigenvalue weighted by Crippen LogP contribution is -2.30. The molecule has 0 fully saturated rings. The number of fused-ring (bicyclic) bond motifs is 2. The average Bonchev–Trinajstić information content (AvgIpc) is 3.16. The molecule has 152 valence electrons. The number of nitrogens with zero attached hydrogens (tertiary/aromatic N) is 1. The van der Waals surface area contributed by atoms with Crippen LogP contribution in [0, 0.1) is 11.3 Å². The molecule has 4 rings (SSSR count). The maximum atomic E-state index is 13.0. The number of ether oxygens (including phenoxy) is 1. The van der Waals surface area contributed by atoms with Crippen molar-refractivity contribution in [3.8, 4) is 0 Å². The first-order chi connectivity index (χ1) is 13.7. The number of benzene rings is 1. The van der Waals surface area contributed by atoms with Crippen LogP contribution in [-0.2, 0) is 17.6 Å². The second-order valence-electron chi connectivity index (χ2n) is 8.70. The van der Waals surface area contributed by atoms with E-state index in [0.717, 1.165) is 29.7 Å². The van der Waals surface area contributed by atoms with Crippen LogP contribution in [0.25, 0.3) is 0 Å². The zero-order valence-electron chi connectivity index (χ0n) is 17.2. The highest BCUT2D eigenvalue weighted by Crippen LogP contribution is 2.47. The molecule has 6 heteroatoms. The standard InChI is InChI=1S/C23H25NO4S/c1-5-28-22(27)18-16-11-10-13(23(2,3)4)12-17(16)29-21(18)24-19(25)14-8-6-7-9-15(14)20(24)26/h6-9,13H,5,10-12H2,1-4H3/t13-/m0/s1. The van der Waals surface area contributed by atoms with E-state index in [4.69, 9.17) is 4.74 Å². The third-order valence-corrected chi connectivity index (χ3v) is 7.19. The molecule has 1 aliphatic heterocycles. The van der Waals surface area contributed by atoms with Crippen LogP contribution >= 0.6 is 11.3 Å². The second-order valence-corrected chi connectivity index (χ2v) is 9.79. The fraction of sp³-hybridized carbons (Fsp3) is 0.435. The van der Waals surface area contributed by atoms with Crippen molar-refractivity contribution in [2.75, 3.05) is 11.5 Å². The summed E-state index contributed by atoms with van der Waals surface area (Å²) in [4.78, 5) is 41.2. The first-order valence-corrected chi connectivity index (χ1v) is 10.8. The molecule has 0 N–H and O–H groups in total. The number of carbonyl (C=O) groups is 3. The number of amides is 2. The summed E-state index contributed by atoms with van der Waals surface area (Å²) >= 11 is 1.39. The van der Waals surface area contributed by atoms with Crippen LogP contribution in [0.4, 0.5) is 5.00 Å². The van der Waals surface area contributed by atoms with Crippen molar-refractivity contribution in [1.82, 2.24) is 0 Å². The zero-order valence-corrected chi connectivity index (χ0v) is 18.0. The van der Waals surface area contributed by atoms with Gasteiger partial charge in [0.2, 0.25) is 0 Å². The molecule has 1 aromatic carbocycles. The first-order valence-electron chi connectivity index (χ1n) is 10.0. The van der Waals surface area contributed by atoms with E-state index in [1.165, 1.54) is 16.2 Å². The Morgan fingerprint density at radius 3 is 2.34 bits per heavy atom. The van der Waals surface area contributed by atoms with Crippen molar-refractivity contribution in [2.45, 2.75) is 47.0 Å². The van der Waals surface area contributed by atoms with Gasteiger partial charge in [-0.05, 0) is 55.2 Å². The van der Waals surface area contributed by atoms with Crippen LogP contribution in [-0.4, -0.2) is 24.4 Å². The SMILES string of the molecule is CCOC(=O)c1c(N2C(=O)c3ccccc3C2=O)sc2c1CC[C@H](C(C)(C)C)C2. The second kappa shape index (κ2) is 7.10. The minimum absolute atomic E-state index is 0.154. The fourth-order valence-corrected chi connectivity index (χ4v) is 5.67. The maximum absolute atomic E-state index is 13.0. The molecule has 0 radical (unpaired) electrons. The number of anilines is 1. The number of carbonyl (C=O) groups excluding carboxylic acids is 3. The molecule has 2 amide bonds. The van der Waals surface area contributed by atoms with E-state index in [0.29, 0.717) is 27.6 Å². The molecule has 0 unspecified atom stereocenters. The van der Waals surface area contributed by atoms with Gasteiger partial charge in [-0.15, -0.1) is 11.3 Å². The molecule has 0 bridgehead atoms. The molecular formula is C23H25NO4S. The van der Waals surface area contributed by atoms with Gasteiger partial charge in [-0.2, -0.15) is 0 Å². The van der Waals surface area contributed by atoms with Crippen LogP contribution in [0.2, 0.25) is 0 Å². The summed E-state index contributed by atoms with van der Waals surface area (Å²) < 4.78 is 5.31. The number of esters is 1. The topological polar surface area (TPSA) is 63.7 Å². The largest absolute Gasteiger partial charge is 0.462 e. The molecule has 1 aliphatic carbocycles. The molecular weight excluding hydrogens is 386 g/mol.